The average molecular weight is 497 g/mol. The molecule has 0 atom stereocenters. The quantitative estimate of drug-likeness (QED) is 0.439. The lowest BCUT2D eigenvalue weighted by atomic mass is 9.84. The van der Waals surface area contributed by atoms with Crippen LogP contribution < -0.4 is 5.32 Å². The maximum atomic E-state index is 12.8. The lowest BCUT2D eigenvalue weighted by Gasteiger charge is -2.23. The van der Waals surface area contributed by atoms with Crippen LogP contribution in [0.5, 0.6) is 5.75 Å². The van der Waals surface area contributed by atoms with Gasteiger partial charge in [0.05, 0.1) is 10.6 Å². The molecule has 0 aliphatic carbocycles. The third-order valence-electron chi connectivity index (χ3n) is 3.95. The molecule has 1 amide bonds. The van der Waals surface area contributed by atoms with Crippen molar-refractivity contribution in [2.45, 2.75) is 43.5 Å². The number of amides is 1. The molecule has 0 fully saturated rings. The first-order chi connectivity index (χ1) is 12.7. The smallest absolute Gasteiger partial charge is 0.446 e. The molecule has 3 nitrogen and oxygen atoms in total. The molecule has 0 saturated heterocycles. The van der Waals surface area contributed by atoms with E-state index in [1.54, 1.807) is 13.0 Å². The minimum absolute atomic E-state index is 0.0872. The van der Waals surface area contributed by atoms with Crippen molar-refractivity contribution in [3.05, 3.63) is 50.5 Å². The SMILES string of the molecule is Cc1c(Br)cc(C(C)(C)C)c(O)c1C(=O)Nc1ccc(SC(F)(F)F)c(Cl)c1. The largest absolute Gasteiger partial charge is 0.507 e. The zero-order valence-corrected chi connectivity index (χ0v) is 18.6. The number of hydrogen-bond donors (Lipinski definition) is 2. The summed E-state index contributed by atoms with van der Waals surface area (Å²) >= 11 is 8.99. The Kier molecular flexibility index (Phi) is 6.68. The van der Waals surface area contributed by atoms with Crippen LogP contribution in [0.3, 0.4) is 0 Å². The fourth-order valence-electron chi connectivity index (χ4n) is 2.56. The van der Waals surface area contributed by atoms with Gasteiger partial charge in [-0.15, -0.1) is 0 Å². The number of alkyl halides is 3. The standard InChI is InChI=1S/C19H18BrClF3NO2S/c1-9-12(20)8-11(18(2,3)4)16(26)15(9)17(27)25-10-5-6-14(13(21)7-10)28-19(22,23)24/h5-8,26H,1-4H3,(H,25,27). The molecule has 2 rings (SSSR count). The van der Waals surface area contributed by atoms with Crippen LogP contribution in [-0.4, -0.2) is 16.5 Å². The molecule has 0 aliphatic rings. The molecular weight excluding hydrogens is 479 g/mol. The van der Waals surface area contributed by atoms with Gasteiger partial charge in [-0.05, 0) is 53.9 Å². The van der Waals surface area contributed by atoms with Crippen LogP contribution in [0.2, 0.25) is 5.02 Å². The van der Waals surface area contributed by atoms with Crippen molar-refractivity contribution in [3.63, 3.8) is 0 Å². The van der Waals surface area contributed by atoms with Crippen LogP contribution in [0.4, 0.5) is 18.9 Å². The van der Waals surface area contributed by atoms with Gasteiger partial charge >= 0.3 is 5.51 Å². The van der Waals surface area contributed by atoms with Crippen LogP contribution in [0.1, 0.15) is 42.3 Å². The van der Waals surface area contributed by atoms with Crippen molar-refractivity contribution >= 4 is 50.9 Å². The second kappa shape index (κ2) is 8.16. The van der Waals surface area contributed by atoms with Crippen LogP contribution in [0.15, 0.2) is 33.6 Å². The van der Waals surface area contributed by atoms with E-state index < -0.39 is 16.8 Å². The Hall–Kier alpha value is -1.38. The number of phenolic OH excluding ortho intramolecular Hbond substituents is 1. The molecule has 2 aromatic rings. The number of aromatic hydroxyl groups is 1. The van der Waals surface area contributed by atoms with E-state index in [1.807, 2.05) is 20.8 Å². The third kappa shape index (κ3) is 5.36. The van der Waals surface area contributed by atoms with Gasteiger partial charge in [0, 0.05) is 20.6 Å². The van der Waals surface area contributed by atoms with E-state index in [2.05, 4.69) is 21.2 Å². The number of benzene rings is 2. The highest BCUT2D eigenvalue weighted by Crippen LogP contribution is 2.42. The van der Waals surface area contributed by atoms with E-state index in [0.717, 1.165) is 0 Å². The van der Waals surface area contributed by atoms with Gasteiger partial charge < -0.3 is 10.4 Å². The second-order valence-corrected chi connectivity index (χ2v) is 9.52. The van der Waals surface area contributed by atoms with Gasteiger partial charge in [-0.2, -0.15) is 13.2 Å². The first-order valence-electron chi connectivity index (χ1n) is 8.10. The highest BCUT2D eigenvalue weighted by molar-refractivity contribution is 9.10. The minimum Gasteiger partial charge on any atom is -0.507 e. The summed E-state index contributed by atoms with van der Waals surface area (Å²) < 4.78 is 38.2. The van der Waals surface area contributed by atoms with Crippen molar-refractivity contribution in [1.82, 2.24) is 0 Å². The Morgan fingerprint density at radius 2 is 1.82 bits per heavy atom. The molecule has 0 spiro atoms. The summed E-state index contributed by atoms with van der Waals surface area (Å²) in [5, 5.41) is 13.1. The number of carbonyl (C=O) groups is 1. The summed E-state index contributed by atoms with van der Waals surface area (Å²) in [6, 6.07) is 5.52. The average Bonchev–Trinajstić information content (AvgIpc) is 2.51. The number of hydrogen-bond acceptors (Lipinski definition) is 3. The Bertz CT molecular complexity index is 927. The summed E-state index contributed by atoms with van der Waals surface area (Å²) in [4.78, 5) is 12.6. The van der Waals surface area contributed by atoms with Crippen LogP contribution in [-0.2, 0) is 5.41 Å². The van der Waals surface area contributed by atoms with Crippen molar-refractivity contribution in [2.24, 2.45) is 0 Å². The van der Waals surface area contributed by atoms with Crippen molar-refractivity contribution < 1.29 is 23.1 Å². The first kappa shape index (κ1) is 22.9. The highest BCUT2D eigenvalue weighted by atomic mass is 79.9. The maximum absolute atomic E-state index is 12.8. The summed E-state index contributed by atoms with van der Waals surface area (Å²) in [6.07, 6.45) is 0. The molecule has 0 aliphatic heterocycles. The summed E-state index contributed by atoms with van der Waals surface area (Å²) in [6.45, 7) is 7.40. The molecule has 0 saturated carbocycles. The van der Waals surface area contributed by atoms with Crippen molar-refractivity contribution in [1.29, 1.82) is 0 Å². The number of nitrogens with one attached hydrogen (secondary N) is 1. The Labute approximate surface area is 178 Å². The molecule has 0 aromatic heterocycles. The van der Waals surface area contributed by atoms with Crippen molar-refractivity contribution in [2.75, 3.05) is 5.32 Å². The van der Waals surface area contributed by atoms with E-state index in [0.29, 0.717) is 15.6 Å². The monoisotopic (exact) mass is 495 g/mol. The molecule has 0 bridgehead atoms. The summed E-state index contributed by atoms with van der Waals surface area (Å²) in [5.41, 5.74) is -3.43. The molecule has 0 radical (unpaired) electrons. The molecule has 2 aromatic carbocycles. The van der Waals surface area contributed by atoms with Gasteiger partial charge in [-0.3, -0.25) is 4.79 Å². The molecule has 0 heterocycles. The molecule has 152 valence electrons. The minimum atomic E-state index is -4.46. The highest BCUT2D eigenvalue weighted by Gasteiger charge is 2.30. The predicted molar refractivity (Wildman–Crippen MR) is 111 cm³/mol. The number of halogens is 5. The fourth-order valence-corrected chi connectivity index (χ4v) is 3.83. The number of anilines is 1. The zero-order valence-electron chi connectivity index (χ0n) is 15.5. The first-order valence-corrected chi connectivity index (χ1v) is 10.1. The Morgan fingerprint density at radius 1 is 1.21 bits per heavy atom. The third-order valence-corrected chi connectivity index (χ3v) is 6.00. The van der Waals surface area contributed by atoms with Gasteiger partial charge in [0.25, 0.3) is 5.91 Å². The van der Waals surface area contributed by atoms with Gasteiger partial charge in [-0.1, -0.05) is 48.3 Å². The predicted octanol–water partition coefficient (Wildman–Crippen LogP) is 7.28. The second-order valence-electron chi connectivity index (χ2n) is 7.15. The van der Waals surface area contributed by atoms with Gasteiger partial charge in [0.15, 0.2) is 0 Å². The number of thioether (sulfide) groups is 1. The molecule has 28 heavy (non-hydrogen) atoms. The summed E-state index contributed by atoms with van der Waals surface area (Å²) in [5.74, 6) is -0.727. The van der Waals surface area contributed by atoms with Crippen LogP contribution in [0.25, 0.3) is 0 Å². The number of carbonyl (C=O) groups excluding carboxylic acids is 1. The lowest BCUT2D eigenvalue weighted by Crippen LogP contribution is -2.18. The van der Waals surface area contributed by atoms with Crippen LogP contribution in [0, 0.1) is 6.92 Å². The van der Waals surface area contributed by atoms with E-state index in [-0.39, 0.29) is 38.7 Å². The fraction of sp³-hybridized carbons (Fsp3) is 0.316. The molecule has 2 N–H and O–H groups in total. The maximum Gasteiger partial charge on any atom is 0.446 e. The van der Waals surface area contributed by atoms with Crippen molar-refractivity contribution in [3.8, 4) is 5.75 Å². The summed E-state index contributed by atoms with van der Waals surface area (Å²) in [7, 11) is 0. The molecule has 0 unspecified atom stereocenters. The van der Waals surface area contributed by atoms with E-state index >= 15 is 0 Å². The topological polar surface area (TPSA) is 49.3 Å². The van der Waals surface area contributed by atoms with Gasteiger partial charge in [-0.25, -0.2) is 0 Å². The molecular formula is C19H18BrClF3NO2S. The van der Waals surface area contributed by atoms with E-state index in [9.17, 15) is 23.1 Å². The molecule has 9 heteroatoms. The normalized spacial score (nSPS) is 12.2. The van der Waals surface area contributed by atoms with Gasteiger partial charge in [0.1, 0.15) is 5.75 Å². The number of rotatable bonds is 3. The number of phenols is 1. The Balaban J connectivity index is 2.38. The van der Waals surface area contributed by atoms with Gasteiger partial charge in [0.2, 0.25) is 0 Å². The zero-order chi connectivity index (χ0) is 21.4. The van der Waals surface area contributed by atoms with Crippen LogP contribution >= 0.6 is 39.3 Å². The Morgan fingerprint density at radius 3 is 2.32 bits per heavy atom. The lowest BCUT2D eigenvalue weighted by molar-refractivity contribution is -0.0328. The van der Waals surface area contributed by atoms with E-state index in [1.165, 1.54) is 18.2 Å². The van der Waals surface area contributed by atoms with E-state index in [4.69, 9.17) is 11.6 Å².